The number of carbonyl (C=O) groups excluding carboxylic acids is 1. The summed E-state index contributed by atoms with van der Waals surface area (Å²) in [5.74, 6) is -0.381. The van der Waals surface area contributed by atoms with Crippen LogP contribution in [0.2, 0.25) is 0 Å². The predicted molar refractivity (Wildman–Crippen MR) is 59.1 cm³/mol. The lowest BCUT2D eigenvalue weighted by molar-refractivity contribution is -0.135. The molecule has 0 aromatic heterocycles. The number of sulfonamides is 1. The Kier molecular flexibility index (Phi) is 2.55. The van der Waals surface area contributed by atoms with E-state index in [1.165, 1.54) is 18.2 Å². The molecule has 1 amide bonds. The maximum atomic E-state index is 12.1. The average Bonchev–Trinajstić information content (AvgIpc) is 2.26. The van der Waals surface area contributed by atoms with Crippen molar-refractivity contribution < 1.29 is 13.2 Å². The molecule has 5 heteroatoms. The smallest absolute Gasteiger partial charge is 0.267 e. The molecular weight excluding hydrogens is 226 g/mol. The Morgan fingerprint density at radius 2 is 1.94 bits per heavy atom. The van der Waals surface area contributed by atoms with Crippen LogP contribution in [0, 0.1) is 0 Å². The Morgan fingerprint density at radius 1 is 1.31 bits per heavy atom. The number of amides is 1. The lowest BCUT2D eigenvalue weighted by atomic mass is 10.1. The Balaban J connectivity index is 2.40. The summed E-state index contributed by atoms with van der Waals surface area (Å²) in [7, 11) is -3.70. The summed E-state index contributed by atoms with van der Waals surface area (Å²) in [6.07, 6.45) is 1.69. The molecule has 1 unspecified atom stereocenters. The first-order valence-corrected chi connectivity index (χ1v) is 6.26. The van der Waals surface area contributed by atoms with Crippen molar-refractivity contribution in [3.05, 3.63) is 43.0 Å². The van der Waals surface area contributed by atoms with Crippen LogP contribution in [0.1, 0.15) is 6.42 Å². The van der Waals surface area contributed by atoms with Gasteiger partial charge in [-0.1, -0.05) is 24.3 Å². The van der Waals surface area contributed by atoms with Gasteiger partial charge in [0.15, 0.2) is 0 Å². The molecule has 0 spiro atoms. The highest BCUT2D eigenvalue weighted by Gasteiger charge is 2.43. The molecule has 1 aromatic carbocycles. The SMILES string of the molecule is C=CC1CC(=O)N1S(=O)(=O)c1ccccc1. The lowest BCUT2D eigenvalue weighted by Crippen LogP contribution is -2.54. The van der Waals surface area contributed by atoms with E-state index in [4.69, 9.17) is 0 Å². The van der Waals surface area contributed by atoms with E-state index < -0.39 is 16.1 Å². The van der Waals surface area contributed by atoms with Crippen molar-refractivity contribution in [2.45, 2.75) is 17.4 Å². The van der Waals surface area contributed by atoms with Crippen LogP contribution in [-0.4, -0.2) is 24.7 Å². The summed E-state index contributed by atoms with van der Waals surface area (Å²) >= 11 is 0. The van der Waals surface area contributed by atoms with Gasteiger partial charge in [-0.15, -0.1) is 6.58 Å². The summed E-state index contributed by atoms with van der Waals surface area (Å²) in [5, 5.41) is 0. The number of β-lactam (4-membered cyclic amide) rings is 1. The van der Waals surface area contributed by atoms with E-state index in [1.54, 1.807) is 18.2 Å². The van der Waals surface area contributed by atoms with Crippen molar-refractivity contribution >= 4 is 15.9 Å². The van der Waals surface area contributed by atoms with Crippen molar-refractivity contribution in [1.82, 2.24) is 4.31 Å². The van der Waals surface area contributed by atoms with Gasteiger partial charge in [-0.3, -0.25) is 4.79 Å². The van der Waals surface area contributed by atoms with Gasteiger partial charge < -0.3 is 0 Å². The molecule has 1 heterocycles. The van der Waals surface area contributed by atoms with Crippen LogP contribution >= 0.6 is 0 Å². The molecule has 0 aliphatic carbocycles. The van der Waals surface area contributed by atoms with Crippen molar-refractivity contribution in [1.29, 1.82) is 0 Å². The zero-order valence-corrected chi connectivity index (χ0v) is 9.35. The number of rotatable bonds is 3. The van der Waals surface area contributed by atoms with E-state index in [2.05, 4.69) is 6.58 Å². The minimum Gasteiger partial charge on any atom is -0.274 e. The van der Waals surface area contributed by atoms with Crippen LogP contribution in [0.15, 0.2) is 47.9 Å². The lowest BCUT2D eigenvalue weighted by Gasteiger charge is -2.37. The molecular formula is C11H11NO3S. The first-order chi connectivity index (χ1) is 7.57. The Bertz CT molecular complexity index is 521. The van der Waals surface area contributed by atoms with Crippen molar-refractivity contribution in [2.75, 3.05) is 0 Å². The fourth-order valence-electron chi connectivity index (χ4n) is 1.62. The minimum absolute atomic E-state index is 0.134. The molecule has 1 atom stereocenters. The molecule has 1 aliphatic heterocycles. The van der Waals surface area contributed by atoms with Crippen LogP contribution in [0.25, 0.3) is 0 Å². The van der Waals surface area contributed by atoms with E-state index in [-0.39, 0.29) is 17.2 Å². The number of nitrogens with zero attached hydrogens (tertiary/aromatic N) is 1. The van der Waals surface area contributed by atoms with Gasteiger partial charge in [-0.05, 0) is 12.1 Å². The molecule has 0 saturated carbocycles. The fraction of sp³-hybridized carbons (Fsp3) is 0.182. The molecule has 2 rings (SSSR count). The highest BCUT2D eigenvalue weighted by Crippen LogP contribution is 2.28. The van der Waals surface area contributed by atoms with E-state index >= 15 is 0 Å². The molecule has 0 radical (unpaired) electrons. The van der Waals surface area contributed by atoms with Crippen LogP contribution in [-0.2, 0) is 14.8 Å². The zero-order chi connectivity index (χ0) is 11.8. The molecule has 1 fully saturated rings. The highest BCUT2D eigenvalue weighted by molar-refractivity contribution is 7.89. The second-order valence-corrected chi connectivity index (χ2v) is 5.33. The van der Waals surface area contributed by atoms with E-state index in [1.807, 2.05) is 0 Å². The third-order valence-corrected chi connectivity index (χ3v) is 4.36. The van der Waals surface area contributed by atoms with Crippen molar-refractivity contribution in [2.24, 2.45) is 0 Å². The fourth-order valence-corrected chi connectivity index (χ4v) is 3.21. The molecule has 0 N–H and O–H groups in total. The topological polar surface area (TPSA) is 54.5 Å². The van der Waals surface area contributed by atoms with Crippen LogP contribution < -0.4 is 0 Å². The van der Waals surface area contributed by atoms with Gasteiger partial charge >= 0.3 is 0 Å². The molecule has 1 aliphatic rings. The molecule has 1 saturated heterocycles. The number of benzene rings is 1. The third-order valence-electron chi connectivity index (χ3n) is 2.50. The molecule has 16 heavy (non-hydrogen) atoms. The third kappa shape index (κ3) is 1.53. The Morgan fingerprint density at radius 3 is 2.44 bits per heavy atom. The summed E-state index contributed by atoms with van der Waals surface area (Å²) in [5.41, 5.74) is 0. The first-order valence-electron chi connectivity index (χ1n) is 4.82. The van der Waals surface area contributed by atoms with Gasteiger partial charge in [0.25, 0.3) is 10.0 Å². The molecule has 1 aromatic rings. The first kappa shape index (κ1) is 10.9. The van der Waals surface area contributed by atoms with Gasteiger partial charge in [-0.2, -0.15) is 0 Å². The Labute approximate surface area is 94.2 Å². The van der Waals surface area contributed by atoms with Gasteiger partial charge in [0, 0.05) is 0 Å². The second-order valence-electron chi connectivity index (χ2n) is 3.51. The summed E-state index contributed by atoms with van der Waals surface area (Å²) in [4.78, 5) is 11.5. The summed E-state index contributed by atoms with van der Waals surface area (Å²) in [6, 6.07) is 7.52. The van der Waals surface area contributed by atoms with E-state index in [9.17, 15) is 13.2 Å². The van der Waals surface area contributed by atoms with Crippen molar-refractivity contribution in [3.8, 4) is 0 Å². The summed E-state index contributed by atoms with van der Waals surface area (Å²) < 4.78 is 25.0. The predicted octanol–water partition coefficient (Wildman–Crippen LogP) is 1.16. The molecule has 4 nitrogen and oxygen atoms in total. The quantitative estimate of drug-likeness (QED) is 0.585. The minimum atomic E-state index is -3.70. The van der Waals surface area contributed by atoms with Gasteiger partial charge in [0.1, 0.15) is 0 Å². The zero-order valence-electron chi connectivity index (χ0n) is 8.54. The normalized spacial score (nSPS) is 20.4. The summed E-state index contributed by atoms with van der Waals surface area (Å²) in [6.45, 7) is 3.52. The highest BCUT2D eigenvalue weighted by atomic mass is 32.2. The maximum Gasteiger partial charge on any atom is 0.267 e. The number of hydrogen-bond acceptors (Lipinski definition) is 3. The van der Waals surface area contributed by atoms with Gasteiger partial charge in [0.05, 0.1) is 17.4 Å². The van der Waals surface area contributed by atoms with Crippen LogP contribution in [0.4, 0.5) is 0 Å². The Hall–Kier alpha value is -1.62. The molecule has 84 valence electrons. The number of hydrogen-bond donors (Lipinski definition) is 0. The van der Waals surface area contributed by atoms with Crippen LogP contribution in [0.3, 0.4) is 0 Å². The molecule has 0 bridgehead atoms. The number of carbonyl (C=O) groups is 1. The standard InChI is InChI=1S/C11H11NO3S/c1-2-9-8-11(13)12(9)16(14,15)10-6-4-3-5-7-10/h2-7,9H,1,8H2. The average molecular weight is 237 g/mol. The maximum absolute atomic E-state index is 12.1. The second kappa shape index (κ2) is 3.75. The largest absolute Gasteiger partial charge is 0.274 e. The van der Waals surface area contributed by atoms with Gasteiger partial charge in [-0.25, -0.2) is 12.7 Å². The monoisotopic (exact) mass is 237 g/mol. The van der Waals surface area contributed by atoms with Gasteiger partial charge in [0.2, 0.25) is 5.91 Å². The van der Waals surface area contributed by atoms with Crippen LogP contribution in [0.5, 0.6) is 0 Å². The van der Waals surface area contributed by atoms with E-state index in [0.717, 1.165) is 4.31 Å². The van der Waals surface area contributed by atoms with E-state index in [0.29, 0.717) is 0 Å². The van der Waals surface area contributed by atoms with Crippen molar-refractivity contribution in [3.63, 3.8) is 0 Å².